The maximum Gasteiger partial charge on any atom is 0.253 e. The average molecular weight is 352 g/mol. The summed E-state index contributed by atoms with van der Waals surface area (Å²) >= 11 is 0. The van der Waals surface area contributed by atoms with Gasteiger partial charge in [0.15, 0.2) is 6.29 Å². The molecule has 0 saturated carbocycles. The van der Waals surface area contributed by atoms with Crippen LogP contribution < -0.4 is 5.32 Å². The van der Waals surface area contributed by atoms with E-state index in [1.807, 2.05) is 36.5 Å². The lowest BCUT2D eigenvalue weighted by molar-refractivity contribution is -0.0974. The van der Waals surface area contributed by atoms with Gasteiger partial charge in [-0.2, -0.15) is 5.10 Å². The molecule has 2 aromatic heterocycles. The molecule has 1 aromatic carbocycles. The van der Waals surface area contributed by atoms with E-state index in [-0.39, 0.29) is 12.5 Å². The zero-order valence-electron chi connectivity index (χ0n) is 14.6. The van der Waals surface area contributed by atoms with Gasteiger partial charge in [-0.15, -0.1) is 0 Å². The second-order valence-electron chi connectivity index (χ2n) is 5.55. The zero-order valence-corrected chi connectivity index (χ0v) is 14.6. The Hall–Kier alpha value is -3.03. The van der Waals surface area contributed by atoms with E-state index >= 15 is 0 Å². The fraction of sp³-hybridized carbons (Fsp3) is 0.211. The third kappa shape index (κ3) is 4.14. The summed E-state index contributed by atoms with van der Waals surface area (Å²) in [5.74, 6) is -0.233. The predicted octanol–water partition coefficient (Wildman–Crippen LogP) is 2.28. The average Bonchev–Trinajstić information content (AvgIpc) is 3.19. The van der Waals surface area contributed by atoms with E-state index in [9.17, 15) is 4.79 Å². The van der Waals surface area contributed by atoms with Crippen LogP contribution in [0.25, 0.3) is 16.9 Å². The van der Waals surface area contributed by atoms with Gasteiger partial charge in [-0.25, -0.2) is 4.68 Å². The Morgan fingerprint density at radius 2 is 1.88 bits per heavy atom. The first-order chi connectivity index (χ1) is 12.7. The molecule has 3 rings (SSSR count). The summed E-state index contributed by atoms with van der Waals surface area (Å²) < 4.78 is 11.9. The number of nitrogens with one attached hydrogen (secondary N) is 1. The number of carbonyl (C=O) groups excluding carboxylic acids is 1. The SMILES string of the molecule is COC(CNC(=O)c1ccc(-c2cnn(-c3ccccc3)c2)nc1)OC. The van der Waals surface area contributed by atoms with Crippen LogP contribution in [0.15, 0.2) is 61.1 Å². The van der Waals surface area contributed by atoms with Crippen LogP contribution in [-0.2, 0) is 9.47 Å². The quantitative estimate of drug-likeness (QED) is 0.660. The summed E-state index contributed by atoms with van der Waals surface area (Å²) in [5.41, 5.74) is 3.06. The van der Waals surface area contributed by atoms with Crippen molar-refractivity contribution in [3.05, 3.63) is 66.6 Å². The van der Waals surface area contributed by atoms with Crippen LogP contribution in [0.3, 0.4) is 0 Å². The Morgan fingerprint density at radius 3 is 2.54 bits per heavy atom. The van der Waals surface area contributed by atoms with E-state index < -0.39 is 6.29 Å². The van der Waals surface area contributed by atoms with Crippen molar-refractivity contribution in [1.29, 1.82) is 0 Å². The van der Waals surface area contributed by atoms with Gasteiger partial charge in [-0.1, -0.05) is 18.2 Å². The van der Waals surface area contributed by atoms with Gasteiger partial charge in [0.25, 0.3) is 5.91 Å². The van der Waals surface area contributed by atoms with E-state index in [1.165, 1.54) is 14.2 Å². The van der Waals surface area contributed by atoms with Crippen molar-refractivity contribution in [3.8, 4) is 16.9 Å². The lowest BCUT2D eigenvalue weighted by Gasteiger charge is -2.13. The molecule has 0 aliphatic heterocycles. The van der Waals surface area contributed by atoms with Crippen molar-refractivity contribution in [1.82, 2.24) is 20.1 Å². The lowest BCUT2D eigenvalue weighted by Crippen LogP contribution is -2.34. The Labute approximate surface area is 151 Å². The highest BCUT2D eigenvalue weighted by molar-refractivity contribution is 5.94. The van der Waals surface area contributed by atoms with Gasteiger partial charge in [-0.3, -0.25) is 9.78 Å². The molecule has 0 atom stereocenters. The number of benzene rings is 1. The van der Waals surface area contributed by atoms with Crippen LogP contribution in [0, 0.1) is 0 Å². The van der Waals surface area contributed by atoms with Crippen molar-refractivity contribution >= 4 is 5.91 Å². The van der Waals surface area contributed by atoms with E-state index in [4.69, 9.17) is 9.47 Å². The molecule has 0 aliphatic rings. The Bertz CT molecular complexity index is 843. The molecule has 0 saturated heterocycles. The van der Waals surface area contributed by atoms with Gasteiger partial charge in [0.05, 0.1) is 29.7 Å². The third-order valence-corrected chi connectivity index (χ3v) is 3.88. The monoisotopic (exact) mass is 352 g/mol. The topological polar surface area (TPSA) is 78.3 Å². The van der Waals surface area contributed by atoms with Gasteiger partial charge in [0.2, 0.25) is 0 Å². The fourth-order valence-electron chi connectivity index (χ4n) is 2.42. The number of pyridine rings is 1. The number of methoxy groups -OCH3 is 2. The molecular formula is C19H20N4O3. The molecule has 0 unspecified atom stereocenters. The largest absolute Gasteiger partial charge is 0.354 e. The molecule has 0 spiro atoms. The Balaban J connectivity index is 1.68. The van der Waals surface area contributed by atoms with Crippen LogP contribution >= 0.6 is 0 Å². The summed E-state index contributed by atoms with van der Waals surface area (Å²) in [7, 11) is 3.04. The first-order valence-electron chi connectivity index (χ1n) is 8.11. The second-order valence-corrected chi connectivity index (χ2v) is 5.55. The number of hydrogen-bond donors (Lipinski definition) is 1. The maximum atomic E-state index is 12.1. The minimum atomic E-state index is -0.477. The summed E-state index contributed by atoms with van der Waals surface area (Å²) in [5, 5.41) is 7.10. The van der Waals surface area contributed by atoms with Crippen LogP contribution in [0.5, 0.6) is 0 Å². The molecule has 134 valence electrons. The lowest BCUT2D eigenvalue weighted by atomic mass is 10.2. The molecule has 0 radical (unpaired) electrons. The zero-order chi connectivity index (χ0) is 18.4. The Morgan fingerprint density at radius 1 is 1.12 bits per heavy atom. The maximum absolute atomic E-state index is 12.1. The summed E-state index contributed by atoms with van der Waals surface area (Å²) in [6.45, 7) is 0.261. The van der Waals surface area contributed by atoms with Crippen molar-refractivity contribution in [3.63, 3.8) is 0 Å². The first-order valence-corrected chi connectivity index (χ1v) is 8.11. The van der Waals surface area contributed by atoms with Gasteiger partial charge >= 0.3 is 0 Å². The molecule has 1 amide bonds. The number of hydrogen-bond acceptors (Lipinski definition) is 5. The number of nitrogens with zero attached hydrogens (tertiary/aromatic N) is 3. The fourth-order valence-corrected chi connectivity index (χ4v) is 2.42. The molecule has 1 N–H and O–H groups in total. The van der Waals surface area contributed by atoms with E-state index in [2.05, 4.69) is 15.4 Å². The highest BCUT2D eigenvalue weighted by Crippen LogP contribution is 2.18. The highest BCUT2D eigenvalue weighted by Gasteiger charge is 2.11. The van der Waals surface area contributed by atoms with Crippen molar-refractivity contribution in [2.24, 2.45) is 0 Å². The van der Waals surface area contributed by atoms with Gasteiger partial charge in [0.1, 0.15) is 0 Å². The van der Waals surface area contributed by atoms with Crippen molar-refractivity contribution in [2.75, 3.05) is 20.8 Å². The van der Waals surface area contributed by atoms with E-state index in [0.717, 1.165) is 16.9 Å². The van der Waals surface area contributed by atoms with Gasteiger partial charge in [0, 0.05) is 32.2 Å². The first kappa shape index (κ1) is 17.8. The molecule has 2 heterocycles. The predicted molar refractivity (Wildman–Crippen MR) is 96.9 cm³/mol. The summed E-state index contributed by atoms with van der Waals surface area (Å²) in [6.07, 6.45) is 4.71. The number of rotatable bonds is 7. The molecular weight excluding hydrogens is 332 g/mol. The summed E-state index contributed by atoms with van der Waals surface area (Å²) in [6, 6.07) is 13.4. The third-order valence-electron chi connectivity index (χ3n) is 3.88. The Kier molecular flexibility index (Phi) is 5.73. The molecule has 3 aromatic rings. The standard InChI is InChI=1S/C19H20N4O3/c1-25-18(26-2)12-21-19(24)14-8-9-17(20-10-14)15-11-22-23(13-15)16-6-4-3-5-7-16/h3-11,13,18H,12H2,1-2H3,(H,21,24). The smallest absolute Gasteiger partial charge is 0.253 e. The number of carbonyl (C=O) groups is 1. The van der Waals surface area contributed by atoms with Gasteiger partial charge in [-0.05, 0) is 24.3 Å². The molecule has 7 heteroatoms. The highest BCUT2D eigenvalue weighted by atomic mass is 16.7. The number of aromatic nitrogens is 3. The van der Waals surface area contributed by atoms with Gasteiger partial charge < -0.3 is 14.8 Å². The molecule has 0 aliphatic carbocycles. The molecule has 26 heavy (non-hydrogen) atoms. The minimum absolute atomic E-state index is 0.233. The van der Waals surface area contributed by atoms with Crippen LogP contribution in [0.1, 0.15) is 10.4 Å². The van der Waals surface area contributed by atoms with Crippen molar-refractivity contribution in [2.45, 2.75) is 6.29 Å². The minimum Gasteiger partial charge on any atom is -0.354 e. The number of para-hydroxylation sites is 1. The van der Waals surface area contributed by atoms with E-state index in [1.54, 1.807) is 29.2 Å². The van der Waals surface area contributed by atoms with Crippen LogP contribution in [-0.4, -0.2) is 47.7 Å². The van der Waals surface area contributed by atoms with Crippen molar-refractivity contribution < 1.29 is 14.3 Å². The summed E-state index contributed by atoms with van der Waals surface area (Å²) in [4.78, 5) is 16.5. The number of amides is 1. The molecule has 0 fully saturated rings. The van der Waals surface area contributed by atoms with Crippen LogP contribution in [0.4, 0.5) is 0 Å². The second kappa shape index (κ2) is 8.37. The van der Waals surface area contributed by atoms with E-state index in [0.29, 0.717) is 5.56 Å². The van der Waals surface area contributed by atoms with Crippen LogP contribution in [0.2, 0.25) is 0 Å². The number of ether oxygens (including phenoxy) is 2. The normalized spacial score (nSPS) is 10.9. The molecule has 7 nitrogen and oxygen atoms in total. The molecule has 0 bridgehead atoms.